The van der Waals surface area contributed by atoms with Crippen LogP contribution in [-0.2, 0) is 0 Å². The van der Waals surface area contributed by atoms with Crippen molar-refractivity contribution in [2.24, 2.45) is 5.92 Å². The second-order valence-electron chi connectivity index (χ2n) is 4.26. The molecular formula is C9H14N4S. The predicted octanol–water partition coefficient (Wildman–Crippen LogP) is 0.929. The number of hydrogen-bond acceptors (Lipinski definition) is 5. The molecule has 2 aliphatic rings. The molecule has 0 saturated carbocycles. The fourth-order valence-corrected chi connectivity index (χ4v) is 3.45. The van der Waals surface area contributed by atoms with E-state index < -0.39 is 0 Å². The van der Waals surface area contributed by atoms with Gasteiger partial charge in [-0.25, -0.2) is 4.98 Å². The molecule has 0 aliphatic carbocycles. The Morgan fingerprint density at radius 1 is 1.43 bits per heavy atom. The third-order valence-electron chi connectivity index (χ3n) is 3.34. The van der Waals surface area contributed by atoms with Crippen molar-refractivity contribution in [3.8, 4) is 0 Å². The molecule has 2 fully saturated rings. The largest absolute Gasteiger partial charge is 0.367 e. The Bertz CT molecular complexity index is 337. The van der Waals surface area contributed by atoms with E-state index in [1.165, 1.54) is 44.0 Å². The Kier molecular flexibility index (Phi) is 1.95. The second-order valence-corrected chi connectivity index (χ2v) is 5.04. The van der Waals surface area contributed by atoms with Gasteiger partial charge in [-0.05, 0) is 36.8 Å². The van der Waals surface area contributed by atoms with Crippen LogP contribution >= 0.6 is 11.5 Å². The van der Waals surface area contributed by atoms with Crippen molar-refractivity contribution in [2.45, 2.75) is 18.8 Å². The molecule has 2 saturated heterocycles. The summed E-state index contributed by atoms with van der Waals surface area (Å²) < 4.78 is 4.07. The topological polar surface area (TPSA) is 55.0 Å². The average Bonchev–Trinajstić information content (AvgIpc) is 2.71. The molecule has 0 radical (unpaired) electrons. The highest BCUT2D eigenvalue weighted by Crippen LogP contribution is 2.39. The van der Waals surface area contributed by atoms with Crippen molar-refractivity contribution in [1.29, 1.82) is 0 Å². The van der Waals surface area contributed by atoms with Crippen LogP contribution in [0.3, 0.4) is 0 Å². The summed E-state index contributed by atoms with van der Waals surface area (Å²) in [7, 11) is 0. The van der Waals surface area contributed by atoms with Crippen LogP contribution in [0.25, 0.3) is 0 Å². The maximum Gasteiger partial charge on any atom is 0.232 e. The van der Waals surface area contributed by atoms with E-state index in [4.69, 9.17) is 5.73 Å². The van der Waals surface area contributed by atoms with Crippen molar-refractivity contribution in [3.05, 3.63) is 5.01 Å². The number of anilines is 1. The van der Waals surface area contributed by atoms with Gasteiger partial charge in [0.2, 0.25) is 5.95 Å². The van der Waals surface area contributed by atoms with Gasteiger partial charge in [0, 0.05) is 19.0 Å². The fourth-order valence-electron chi connectivity index (χ4n) is 2.69. The van der Waals surface area contributed by atoms with Crippen molar-refractivity contribution in [3.63, 3.8) is 0 Å². The number of nitrogen functional groups attached to an aromatic ring is 1. The number of nitrogens with zero attached hydrogens (tertiary/aromatic N) is 3. The van der Waals surface area contributed by atoms with E-state index in [0.29, 0.717) is 11.9 Å². The molecule has 2 bridgehead atoms. The number of piperidine rings is 1. The van der Waals surface area contributed by atoms with Crippen LogP contribution in [0, 0.1) is 5.92 Å². The molecule has 0 aromatic carbocycles. The number of hydrogen-bond donors (Lipinski definition) is 1. The predicted molar refractivity (Wildman–Crippen MR) is 56.2 cm³/mol. The minimum atomic E-state index is 0.446. The number of aromatic nitrogens is 2. The maximum atomic E-state index is 5.56. The second kappa shape index (κ2) is 3.17. The van der Waals surface area contributed by atoms with Gasteiger partial charge < -0.3 is 10.6 Å². The quantitative estimate of drug-likeness (QED) is 0.749. The van der Waals surface area contributed by atoms with Gasteiger partial charge in [0.05, 0.1) is 0 Å². The zero-order chi connectivity index (χ0) is 9.54. The first-order chi connectivity index (χ1) is 6.83. The SMILES string of the molecule is Nc1nsc(C2CN3CCCC2C3)n1. The number of rotatable bonds is 1. The Morgan fingerprint density at radius 3 is 3.07 bits per heavy atom. The molecule has 3 unspecified atom stereocenters. The maximum absolute atomic E-state index is 5.56. The molecule has 1 aromatic heterocycles. The van der Waals surface area contributed by atoms with E-state index in [9.17, 15) is 0 Å². The van der Waals surface area contributed by atoms with Gasteiger partial charge in [-0.3, -0.25) is 0 Å². The van der Waals surface area contributed by atoms with Crippen molar-refractivity contribution >= 4 is 17.5 Å². The van der Waals surface area contributed by atoms with Gasteiger partial charge in [-0.2, -0.15) is 4.37 Å². The van der Waals surface area contributed by atoms with E-state index in [1.54, 1.807) is 0 Å². The van der Waals surface area contributed by atoms with Crippen LogP contribution in [0.15, 0.2) is 0 Å². The lowest BCUT2D eigenvalue weighted by atomic mass is 9.92. The molecule has 0 spiro atoms. The number of nitrogens with two attached hydrogens (primary N) is 1. The van der Waals surface area contributed by atoms with E-state index in [2.05, 4.69) is 14.3 Å². The lowest BCUT2D eigenvalue weighted by Crippen LogP contribution is -2.25. The molecule has 3 heterocycles. The van der Waals surface area contributed by atoms with Gasteiger partial charge in [-0.15, -0.1) is 0 Å². The van der Waals surface area contributed by atoms with Gasteiger partial charge in [0.25, 0.3) is 0 Å². The first kappa shape index (κ1) is 8.61. The Hall–Kier alpha value is -0.680. The van der Waals surface area contributed by atoms with Crippen LogP contribution in [0.2, 0.25) is 0 Å². The third kappa shape index (κ3) is 1.31. The smallest absolute Gasteiger partial charge is 0.232 e. The minimum absolute atomic E-state index is 0.446. The van der Waals surface area contributed by atoms with Gasteiger partial charge in [0.15, 0.2) is 0 Å². The lowest BCUT2D eigenvalue weighted by Gasteiger charge is -2.21. The first-order valence-electron chi connectivity index (χ1n) is 5.14. The summed E-state index contributed by atoms with van der Waals surface area (Å²) in [5, 5.41) is 1.15. The molecule has 2 N–H and O–H groups in total. The van der Waals surface area contributed by atoms with E-state index >= 15 is 0 Å². The molecule has 2 aliphatic heterocycles. The summed E-state index contributed by atoms with van der Waals surface area (Å²) >= 11 is 1.48. The Morgan fingerprint density at radius 2 is 2.36 bits per heavy atom. The lowest BCUT2D eigenvalue weighted by molar-refractivity contribution is 0.269. The Balaban J connectivity index is 1.85. The first-order valence-corrected chi connectivity index (χ1v) is 5.92. The van der Waals surface area contributed by atoms with Crippen LogP contribution in [0.1, 0.15) is 23.8 Å². The fraction of sp³-hybridized carbons (Fsp3) is 0.778. The summed E-state index contributed by atoms with van der Waals surface area (Å²) in [5.74, 6) is 1.85. The van der Waals surface area contributed by atoms with E-state index in [-0.39, 0.29) is 0 Å². The normalized spacial score (nSPS) is 36.1. The molecule has 3 rings (SSSR count). The van der Waals surface area contributed by atoms with Crippen LogP contribution in [0.5, 0.6) is 0 Å². The van der Waals surface area contributed by atoms with Crippen molar-refractivity contribution in [2.75, 3.05) is 25.4 Å². The standard InChI is InChI=1S/C9H14N4S/c10-9-11-8(14-12-9)7-5-13-3-1-2-6(7)4-13/h6-7H,1-5H2,(H2,10,12). The summed E-state index contributed by atoms with van der Waals surface area (Å²) in [6.45, 7) is 3.69. The molecule has 4 nitrogen and oxygen atoms in total. The molecule has 3 atom stereocenters. The zero-order valence-corrected chi connectivity index (χ0v) is 8.83. The van der Waals surface area contributed by atoms with Crippen molar-refractivity contribution < 1.29 is 0 Å². The molecule has 14 heavy (non-hydrogen) atoms. The van der Waals surface area contributed by atoms with Gasteiger partial charge >= 0.3 is 0 Å². The average molecular weight is 210 g/mol. The highest BCUT2D eigenvalue weighted by molar-refractivity contribution is 7.05. The van der Waals surface area contributed by atoms with Gasteiger partial charge in [-0.1, -0.05) is 0 Å². The third-order valence-corrected chi connectivity index (χ3v) is 4.20. The molecular weight excluding hydrogens is 196 g/mol. The minimum Gasteiger partial charge on any atom is -0.367 e. The van der Waals surface area contributed by atoms with E-state index in [1.807, 2.05) is 0 Å². The molecule has 5 heteroatoms. The molecule has 1 aromatic rings. The van der Waals surface area contributed by atoms with Crippen LogP contribution in [-0.4, -0.2) is 33.9 Å². The monoisotopic (exact) mass is 210 g/mol. The van der Waals surface area contributed by atoms with Crippen LogP contribution in [0.4, 0.5) is 5.95 Å². The summed E-state index contributed by atoms with van der Waals surface area (Å²) in [6.07, 6.45) is 2.69. The van der Waals surface area contributed by atoms with Gasteiger partial charge in [0.1, 0.15) is 5.01 Å². The molecule has 76 valence electrons. The molecule has 0 amide bonds. The number of fused-ring (bicyclic) bond motifs is 2. The van der Waals surface area contributed by atoms with Crippen LogP contribution < -0.4 is 5.73 Å². The summed E-state index contributed by atoms with van der Waals surface area (Å²) in [6, 6.07) is 0. The van der Waals surface area contributed by atoms with E-state index in [0.717, 1.165) is 10.9 Å². The van der Waals surface area contributed by atoms with Crippen molar-refractivity contribution in [1.82, 2.24) is 14.3 Å². The Labute approximate surface area is 87.3 Å². The highest BCUT2D eigenvalue weighted by Gasteiger charge is 2.37. The summed E-state index contributed by atoms with van der Waals surface area (Å²) in [4.78, 5) is 6.85. The zero-order valence-electron chi connectivity index (χ0n) is 8.02. The highest BCUT2D eigenvalue weighted by atomic mass is 32.1. The summed E-state index contributed by atoms with van der Waals surface area (Å²) in [5.41, 5.74) is 5.56.